The molecule has 5 nitrogen and oxygen atoms in total. The van der Waals surface area contributed by atoms with Crippen molar-refractivity contribution in [3.05, 3.63) is 42.5 Å². The number of anilines is 3. The highest BCUT2D eigenvalue weighted by Gasteiger charge is 2.12. The molecule has 108 valence electrons. The van der Waals surface area contributed by atoms with Gasteiger partial charge in [0.15, 0.2) is 5.58 Å². The largest absolute Gasteiger partial charge is 0.433 e. The molecule has 0 amide bonds. The average molecular weight is 291 g/mol. The zero-order chi connectivity index (χ0) is 14.8. The molecular formula is C14H11F2N3O2. The highest BCUT2D eigenvalue weighted by Crippen LogP contribution is 2.30. The van der Waals surface area contributed by atoms with Crippen molar-refractivity contribution >= 4 is 28.5 Å². The molecule has 3 aromatic rings. The predicted molar refractivity (Wildman–Crippen MR) is 74.8 cm³/mol. The van der Waals surface area contributed by atoms with Crippen molar-refractivity contribution in [2.24, 2.45) is 0 Å². The van der Waals surface area contributed by atoms with Crippen LogP contribution in [0.3, 0.4) is 0 Å². The van der Waals surface area contributed by atoms with Gasteiger partial charge in [-0.25, -0.2) is 0 Å². The molecule has 0 bridgehead atoms. The number of halogens is 2. The minimum atomic E-state index is -2.91. The summed E-state index contributed by atoms with van der Waals surface area (Å²) < 4.78 is 34.6. The van der Waals surface area contributed by atoms with E-state index in [1.165, 1.54) is 6.07 Å². The third kappa shape index (κ3) is 2.86. The quantitative estimate of drug-likeness (QED) is 0.716. The van der Waals surface area contributed by atoms with Gasteiger partial charge in [0.1, 0.15) is 11.3 Å². The molecule has 3 N–H and O–H groups in total. The molecule has 0 fully saturated rings. The summed E-state index contributed by atoms with van der Waals surface area (Å²) >= 11 is 0. The number of alkyl halides is 2. The normalized spacial score (nSPS) is 11.0. The van der Waals surface area contributed by atoms with Crippen molar-refractivity contribution < 1.29 is 17.9 Å². The van der Waals surface area contributed by atoms with Gasteiger partial charge in [-0.1, -0.05) is 12.1 Å². The van der Waals surface area contributed by atoms with Crippen LogP contribution in [0.1, 0.15) is 0 Å². The monoisotopic (exact) mass is 291 g/mol. The van der Waals surface area contributed by atoms with Crippen molar-refractivity contribution in [2.45, 2.75) is 6.61 Å². The molecule has 0 aliphatic carbocycles. The third-order valence-electron chi connectivity index (χ3n) is 2.76. The lowest BCUT2D eigenvalue weighted by Crippen LogP contribution is -2.04. The number of fused-ring (bicyclic) bond motifs is 1. The van der Waals surface area contributed by atoms with E-state index >= 15 is 0 Å². The van der Waals surface area contributed by atoms with Crippen molar-refractivity contribution in [1.29, 1.82) is 0 Å². The van der Waals surface area contributed by atoms with Crippen molar-refractivity contribution in [3.63, 3.8) is 0 Å². The molecule has 0 saturated heterocycles. The molecule has 7 heteroatoms. The van der Waals surface area contributed by atoms with E-state index in [1.807, 2.05) is 0 Å². The molecule has 21 heavy (non-hydrogen) atoms. The maximum Gasteiger partial charge on any atom is 0.387 e. The summed E-state index contributed by atoms with van der Waals surface area (Å²) in [7, 11) is 0. The molecule has 0 atom stereocenters. The van der Waals surface area contributed by atoms with Crippen LogP contribution < -0.4 is 15.8 Å². The zero-order valence-corrected chi connectivity index (χ0v) is 10.7. The first-order valence-electron chi connectivity index (χ1n) is 6.09. The first-order valence-corrected chi connectivity index (χ1v) is 6.09. The molecule has 0 spiro atoms. The number of hydrogen-bond donors (Lipinski definition) is 2. The number of oxazole rings is 1. The molecule has 0 saturated carbocycles. The fourth-order valence-electron chi connectivity index (χ4n) is 1.88. The van der Waals surface area contributed by atoms with Crippen LogP contribution in [0, 0.1) is 0 Å². The van der Waals surface area contributed by atoms with Crippen molar-refractivity contribution in [2.75, 3.05) is 11.1 Å². The van der Waals surface area contributed by atoms with Gasteiger partial charge in [-0.15, -0.1) is 0 Å². The van der Waals surface area contributed by atoms with Crippen molar-refractivity contribution in [1.82, 2.24) is 4.98 Å². The topological polar surface area (TPSA) is 73.3 Å². The second-order valence-corrected chi connectivity index (χ2v) is 4.25. The van der Waals surface area contributed by atoms with Crippen LogP contribution in [0.5, 0.6) is 5.75 Å². The standard InChI is InChI=1S/C14H11F2N3O2/c15-13(16)20-11-4-2-1-3-9(11)18-14-19-10-6-5-8(17)7-12(10)21-14/h1-7,13H,17H2,(H,18,19). The molecular weight excluding hydrogens is 280 g/mol. The highest BCUT2D eigenvalue weighted by atomic mass is 19.3. The van der Waals surface area contributed by atoms with Gasteiger partial charge in [0.2, 0.25) is 0 Å². The van der Waals surface area contributed by atoms with E-state index in [2.05, 4.69) is 15.0 Å². The van der Waals surface area contributed by atoms with Gasteiger partial charge in [0, 0.05) is 11.8 Å². The maximum atomic E-state index is 12.3. The fourth-order valence-corrected chi connectivity index (χ4v) is 1.88. The van der Waals surface area contributed by atoms with Crippen LogP contribution in [0.25, 0.3) is 11.1 Å². The number of para-hydroxylation sites is 2. The number of nitrogens with one attached hydrogen (secondary N) is 1. The SMILES string of the molecule is Nc1ccc2nc(Nc3ccccc3OC(F)F)oc2c1. The van der Waals surface area contributed by atoms with Gasteiger partial charge in [-0.3, -0.25) is 0 Å². The Labute approximate surface area is 118 Å². The molecule has 3 rings (SSSR count). The Kier molecular flexibility index (Phi) is 3.31. The molecule has 0 unspecified atom stereocenters. The summed E-state index contributed by atoms with van der Waals surface area (Å²) in [6.45, 7) is -2.91. The Morgan fingerprint density at radius 2 is 2.00 bits per heavy atom. The molecule has 2 aromatic carbocycles. The third-order valence-corrected chi connectivity index (χ3v) is 2.76. The summed E-state index contributed by atoms with van der Waals surface area (Å²) in [6.07, 6.45) is 0. The summed E-state index contributed by atoms with van der Waals surface area (Å²) in [5.41, 5.74) is 7.65. The summed E-state index contributed by atoms with van der Waals surface area (Å²) in [5.74, 6) is 0.00858. The van der Waals surface area contributed by atoms with Crippen LogP contribution in [0.15, 0.2) is 46.9 Å². The van der Waals surface area contributed by atoms with Gasteiger partial charge in [0.25, 0.3) is 6.01 Å². The summed E-state index contributed by atoms with van der Waals surface area (Å²) in [6, 6.07) is 11.5. The number of rotatable bonds is 4. The summed E-state index contributed by atoms with van der Waals surface area (Å²) in [5, 5.41) is 2.81. The van der Waals surface area contributed by atoms with Crippen LogP contribution in [0.2, 0.25) is 0 Å². The van der Waals surface area contributed by atoms with E-state index in [0.29, 0.717) is 22.5 Å². The Bertz CT molecular complexity index is 774. The first kappa shape index (κ1) is 13.2. The Hall–Kier alpha value is -2.83. The molecule has 1 heterocycles. The van der Waals surface area contributed by atoms with E-state index in [1.54, 1.807) is 36.4 Å². The van der Waals surface area contributed by atoms with E-state index in [4.69, 9.17) is 10.2 Å². The number of ether oxygens (including phenoxy) is 1. The fraction of sp³-hybridized carbons (Fsp3) is 0.0714. The second kappa shape index (κ2) is 5.28. The molecule has 0 aliphatic rings. The minimum absolute atomic E-state index is 0.00858. The number of hydrogen-bond acceptors (Lipinski definition) is 5. The predicted octanol–water partition coefficient (Wildman–Crippen LogP) is 3.76. The number of nitrogens with two attached hydrogens (primary N) is 1. The highest BCUT2D eigenvalue weighted by molar-refractivity contribution is 5.79. The number of benzene rings is 2. The summed E-state index contributed by atoms with van der Waals surface area (Å²) in [4.78, 5) is 4.19. The van der Waals surface area contributed by atoms with Gasteiger partial charge in [-0.2, -0.15) is 13.8 Å². The lowest BCUT2D eigenvalue weighted by Gasteiger charge is -2.09. The maximum absolute atomic E-state index is 12.3. The van der Waals surface area contributed by atoms with Crippen LogP contribution in [0.4, 0.5) is 26.2 Å². The molecule has 0 radical (unpaired) electrons. The zero-order valence-electron chi connectivity index (χ0n) is 10.7. The molecule has 0 aliphatic heterocycles. The van der Waals surface area contributed by atoms with Gasteiger partial charge in [-0.05, 0) is 24.3 Å². The van der Waals surface area contributed by atoms with E-state index in [0.717, 1.165) is 0 Å². The Morgan fingerprint density at radius 1 is 1.19 bits per heavy atom. The molecule has 1 aromatic heterocycles. The number of nitrogens with zero attached hydrogens (tertiary/aromatic N) is 1. The van der Waals surface area contributed by atoms with Crippen molar-refractivity contribution in [3.8, 4) is 5.75 Å². The van der Waals surface area contributed by atoms with E-state index in [9.17, 15) is 8.78 Å². The lowest BCUT2D eigenvalue weighted by atomic mass is 10.3. The second-order valence-electron chi connectivity index (χ2n) is 4.25. The van der Waals surface area contributed by atoms with E-state index in [-0.39, 0.29) is 11.8 Å². The van der Waals surface area contributed by atoms with Crippen LogP contribution in [-0.4, -0.2) is 11.6 Å². The number of nitrogen functional groups attached to an aromatic ring is 1. The smallest absolute Gasteiger partial charge is 0.387 e. The van der Waals surface area contributed by atoms with Crippen LogP contribution in [-0.2, 0) is 0 Å². The number of aromatic nitrogens is 1. The average Bonchev–Trinajstić information content (AvgIpc) is 2.82. The van der Waals surface area contributed by atoms with Crippen LogP contribution >= 0.6 is 0 Å². The Morgan fingerprint density at radius 3 is 2.81 bits per heavy atom. The van der Waals surface area contributed by atoms with Gasteiger partial charge >= 0.3 is 6.61 Å². The van der Waals surface area contributed by atoms with Gasteiger partial charge in [0.05, 0.1) is 5.69 Å². The lowest BCUT2D eigenvalue weighted by molar-refractivity contribution is -0.0493. The Balaban J connectivity index is 1.91. The van der Waals surface area contributed by atoms with E-state index < -0.39 is 6.61 Å². The van der Waals surface area contributed by atoms with Gasteiger partial charge < -0.3 is 20.2 Å². The first-order chi connectivity index (χ1) is 10.1. The minimum Gasteiger partial charge on any atom is -0.433 e.